The Morgan fingerprint density at radius 2 is 2.00 bits per heavy atom. The molecule has 100 valence electrons. The van der Waals surface area contributed by atoms with E-state index in [0.717, 1.165) is 0 Å². The number of hydrogen-bond donors (Lipinski definition) is 3. The lowest BCUT2D eigenvalue weighted by molar-refractivity contribution is -0.120. The molecule has 0 fully saturated rings. The van der Waals surface area contributed by atoms with Gasteiger partial charge in [0, 0.05) is 12.1 Å². The molecule has 0 saturated heterocycles. The third kappa shape index (κ3) is 4.82. The van der Waals surface area contributed by atoms with Crippen molar-refractivity contribution in [3.63, 3.8) is 0 Å². The van der Waals surface area contributed by atoms with E-state index in [2.05, 4.69) is 22.5 Å². The molecule has 2 amide bonds. The number of likely N-dealkylation sites (N-methyl/N-ethyl adjacent to an activating group) is 1. The van der Waals surface area contributed by atoms with Crippen molar-refractivity contribution >= 4 is 11.8 Å². The maximum absolute atomic E-state index is 11.9. The Bertz CT molecular complexity index is 515. The van der Waals surface area contributed by atoms with Crippen LogP contribution in [-0.2, 0) is 4.79 Å². The fourth-order valence-corrected chi connectivity index (χ4v) is 1.45. The minimum absolute atomic E-state index is 0.0503. The first kappa shape index (κ1) is 14.7. The highest BCUT2D eigenvalue weighted by molar-refractivity contribution is 5.98. The van der Waals surface area contributed by atoms with Crippen LogP contribution in [0.15, 0.2) is 24.3 Å². The van der Waals surface area contributed by atoms with Crippen molar-refractivity contribution < 1.29 is 9.59 Å². The second-order valence-electron chi connectivity index (χ2n) is 3.69. The lowest BCUT2D eigenvalue weighted by Crippen LogP contribution is -2.37. The van der Waals surface area contributed by atoms with Crippen molar-refractivity contribution in [2.24, 2.45) is 5.73 Å². The molecule has 0 unspecified atom stereocenters. The molecule has 0 spiro atoms. The summed E-state index contributed by atoms with van der Waals surface area (Å²) < 4.78 is 0. The Kier molecular flexibility index (Phi) is 6.13. The molecule has 0 atom stereocenters. The number of hydrogen-bond acceptors (Lipinski definition) is 3. The molecule has 0 radical (unpaired) electrons. The van der Waals surface area contributed by atoms with Crippen molar-refractivity contribution in [3.05, 3.63) is 35.4 Å². The van der Waals surface area contributed by atoms with Crippen LogP contribution in [0.2, 0.25) is 0 Å². The smallest absolute Gasteiger partial charge is 0.252 e. The molecule has 1 aromatic carbocycles. The van der Waals surface area contributed by atoms with E-state index in [1.807, 2.05) is 6.92 Å². The monoisotopic (exact) mass is 259 g/mol. The van der Waals surface area contributed by atoms with Gasteiger partial charge in [0.15, 0.2) is 0 Å². The van der Waals surface area contributed by atoms with Gasteiger partial charge < -0.3 is 16.4 Å². The van der Waals surface area contributed by atoms with E-state index < -0.39 is 0 Å². The predicted molar refractivity (Wildman–Crippen MR) is 73.4 cm³/mol. The number of benzene rings is 1. The van der Waals surface area contributed by atoms with Crippen LogP contribution in [0.25, 0.3) is 0 Å². The summed E-state index contributed by atoms with van der Waals surface area (Å²) in [6.07, 6.45) is 0. The van der Waals surface area contributed by atoms with Crippen LogP contribution >= 0.6 is 0 Å². The lowest BCUT2D eigenvalue weighted by atomic mass is 10.1. The zero-order chi connectivity index (χ0) is 14.1. The number of carbonyl (C=O) groups excluding carboxylic acids is 2. The zero-order valence-electron chi connectivity index (χ0n) is 10.8. The highest BCUT2D eigenvalue weighted by atomic mass is 16.2. The summed E-state index contributed by atoms with van der Waals surface area (Å²) in [6.45, 7) is 2.53. The summed E-state index contributed by atoms with van der Waals surface area (Å²) in [5.74, 6) is 4.99. The lowest BCUT2D eigenvalue weighted by Gasteiger charge is -2.06. The van der Waals surface area contributed by atoms with Gasteiger partial charge in [0.1, 0.15) is 0 Å². The molecule has 0 bridgehead atoms. The van der Waals surface area contributed by atoms with Crippen LogP contribution in [0.4, 0.5) is 0 Å². The van der Waals surface area contributed by atoms with Crippen molar-refractivity contribution in [2.45, 2.75) is 6.92 Å². The fourth-order valence-electron chi connectivity index (χ4n) is 1.45. The number of rotatable bonds is 4. The second-order valence-corrected chi connectivity index (χ2v) is 3.69. The van der Waals surface area contributed by atoms with Crippen molar-refractivity contribution in [3.8, 4) is 11.8 Å². The summed E-state index contributed by atoms with van der Waals surface area (Å²) in [6, 6.07) is 6.94. The highest BCUT2D eigenvalue weighted by Gasteiger charge is 2.10. The molecule has 5 heteroatoms. The third-order valence-electron chi connectivity index (χ3n) is 2.28. The van der Waals surface area contributed by atoms with E-state index in [9.17, 15) is 9.59 Å². The average molecular weight is 259 g/mol. The number of nitrogens with two attached hydrogens (primary N) is 1. The van der Waals surface area contributed by atoms with Crippen LogP contribution in [0.1, 0.15) is 22.8 Å². The molecule has 0 saturated carbocycles. The summed E-state index contributed by atoms with van der Waals surface area (Å²) >= 11 is 0. The first-order valence-electron chi connectivity index (χ1n) is 6.02. The van der Waals surface area contributed by atoms with Crippen molar-refractivity contribution in [2.75, 3.05) is 19.6 Å². The minimum Gasteiger partial charge on any atom is -0.355 e. The Balaban J connectivity index is 2.74. The molecule has 5 nitrogen and oxygen atoms in total. The van der Waals surface area contributed by atoms with Gasteiger partial charge in [-0.3, -0.25) is 9.59 Å². The van der Waals surface area contributed by atoms with Crippen molar-refractivity contribution in [1.29, 1.82) is 0 Å². The highest BCUT2D eigenvalue weighted by Crippen LogP contribution is 2.06. The van der Waals surface area contributed by atoms with Gasteiger partial charge in [-0.25, -0.2) is 0 Å². The van der Waals surface area contributed by atoms with Gasteiger partial charge in [-0.2, -0.15) is 0 Å². The standard InChI is InChI=1S/C14H17N3O2/c1-2-16-13(18)10-17-14(19)12-8-4-3-6-11(12)7-5-9-15/h3-4,6,8H,2,9-10,15H2,1H3,(H,16,18)(H,17,19). The van der Waals surface area contributed by atoms with Gasteiger partial charge >= 0.3 is 0 Å². The summed E-state index contributed by atoms with van der Waals surface area (Å²) in [5.41, 5.74) is 6.34. The molecule has 1 rings (SSSR count). The predicted octanol–water partition coefficient (Wildman–Crippen LogP) is -0.137. The molecular formula is C14H17N3O2. The third-order valence-corrected chi connectivity index (χ3v) is 2.28. The van der Waals surface area contributed by atoms with E-state index in [1.54, 1.807) is 24.3 Å². The Morgan fingerprint density at radius 1 is 1.26 bits per heavy atom. The van der Waals surface area contributed by atoms with Gasteiger partial charge in [0.2, 0.25) is 5.91 Å². The van der Waals surface area contributed by atoms with Gasteiger partial charge in [-0.15, -0.1) is 0 Å². The normalized spacial score (nSPS) is 9.16. The molecule has 0 heterocycles. The quantitative estimate of drug-likeness (QED) is 0.658. The van der Waals surface area contributed by atoms with Crippen molar-refractivity contribution in [1.82, 2.24) is 10.6 Å². The first-order valence-corrected chi connectivity index (χ1v) is 6.02. The number of nitrogens with one attached hydrogen (secondary N) is 2. The molecule has 19 heavy (non-hydrogen) atoms. The number of amides is 2. The molecular weight excluding hydrogens is 242 g/mol. The molecule has 0 aliphatic rings. The summed E-state index contributed by atoms with van der Waals surface area (Å²) in [5, 5.41) is 5.15. The summed E-state index contributed by atoms with van der Waals surface area (Å²) in [7, 11) is 0. The molecule has 1 aromatic rings. The van der Waals surface area contributed by atoms with Crippen LogP contribution in [0.3, 0.4) is 0 Å². The zero-order valence-corrected chi connectivity index (χ0v) is 10.8. The number of carbonyl (C=O) groups is 2. The molecule has 4 N–H and O–H groups in total. The minimum atomic E-state index is -0.326. The molecule has 0 aromatic heterocycles. The van der Waals surface area contributed by atoms with E-state index >= 15 is 0 Å². The Hall–Kier alpha value is -2.32. The summed E-state index contributed by atoms with van der Waals surface area (Å²) in [4.78, 5) is 23.2. The average Bonchev–Trinajstić information content (AvgIpc) is 2.43. The van der Waals surface area contributed by atoms with E-state index in [4.69, 9.17) is 5.73 Å². The second kappa shape index (κ2) is 7.90. The maximum Gasteiger partial charge on any atom is 0.252 e. The molecule has 0 aliphatic carbocycles. The van der Waals surface area contributed by atoms with E-state index in [1.165, 1.54) is 0 Å². The molecule has 0 aliphatic heterocycles. The van der Waals surface area contributed by atoms with Crippen LogP contribution in [-0.4, -0.2) is 31.4 Å². The van der Waals surface area contributed by atoms with E-state index in [-0.39, 0.29) is 24.9 Å². The van der Waals surface area contributed by atoms with Crippen LogP contribution in [0, 0.1) is 11.8 Å². The fraction of sp³-hybridized carbons (Fsp3) is 0.286. The first-order chi connectivity index (χ1) is 9.19. The largest absolute Gasteiger partial charge is 0.355 e. The van der Waals surface area contributed by atoms with Gasteiger partial charge in [0.25, 0.3) is 5.91 Å². The Morgan fingerprint density at radius 3 is 2.68 bits per heavy atom. The maximum atomic E-state index is 11.9. The SMILES string of the molecule is CCNC(=O)CNC(=O)c1ccccc1C#CCN. The van der Waals surface area contributed by atoms with Crippen LogP contribution < -0.4 is 16.4 Å². The van der Waals surface area contributed by atoms with E-state index in [0.29, 0.717) is 17.7 Å². The topological polar surface area (TPSA) is 84.2 Å². The van der Waals surface area contributed by atoms with Gasteiger partial charge in [-0.05, 0) is 19.1 Å². The van der Waals surface area contributed by atoms with Gasteiger partial charge in [-0.1, -0.05) is 24.0 Å². The van der Waals surface area contributed by atoms with Crippen LogP contribution in [0.5, 0.6) is 0 Å². The Labute approximate surface area is 112 Å². The van der Waals surface area contributed by atoms with Gasteiger partial charge in [0.05, 0.1) is 18.7 Å².